The lowest BCUT2D eigenvalue weighted by molar-refractivity contribution is 0.0926. The summed E-state index contributed by atoms with van der Waals surface area (Å²) in [6, 6.07) is 15.4. The van der Waals surface area contributed by atoms with Crippen LogP contribution in [0, 0.1) is 0 Å². The van der Waals surface area contributed by atoms with Gasteiger partial charge >= 0.3 is 5.22 Å². The second kappa shape index (κ2) is 8.22. The number of para-hydroxylation sites is 1. The third-order valence-electron chi connectivity index (χ3n) is 3.98. The molecule has 0 fully saturated rings. The molecule has 3 rings (SSSR count). The highest BCUT2D eigenvalue weighted by Crippen LogP contribution is 2.22. The number of amides is 1. The fourth-order valence-electron chi connectivity index (χ4n) is 2.63. The Bertz CT molecular complexity index is 1060. The first-order valence-corrected chi connectivity index (χ1v) is 10.3. The van der Waals surface area contributed by atoms with Crippen LogP contribution in [0.3, 0.4) is 0 Å². The van der Waals surface area contributed by atoms with Crippen molar-refractivity contribution in [3.8, 4) is 5.75 Å². The van der Waals surface area contributed by atoms with Gasteiger partial charge in [-0.2, -0.15) is 0 Å². The smallest absolute Gasteiger partial charge is 0.335 e. The number of hydrogen-bond acceptors (Lipinski definition) is 7. The molecule has 0 aliphatic heterocycles. The predicted molar refractivity (Wildman–Crippen MR) is 101 cm³/mol. The number of carbonyl (C=O) groups excluding carboxylic acids is 1. The fraction of sp³-hybridized carbons (Fsp3) is 0.211. The lowest BCUT2D eigenvalue weighted by Gasteiger charge is -2.16. The summed E-state index contributed by atoms with van der Waals surface area (Å²) in [6.45, 7) is 0. The van der Waals surface area contributed by atoms with Gasteiger partial charge in [0, 0.05) is 12.7 Å². The summed E-state index contributed by atoms with van der Waals surface area (Å²) in [5, 5.41) is 9.74. The highest BCUT2D eigenvalue weighted by Gasteiger charge is 2.26. The molecule has 8 nitrogen and oxygen atoms in total. The first-order chi connectivity index (χ1) is 13.4. The number of hydrogen-bond donors (Lipinski definition) is 1. The Morgan fingerprint density at radius 2 is 1.79 bits per heavy atom. The van der Waals surface area contributed by atoms with Crippen molar-refractivity contribution in [2.75, 3.05) is 13.4 Å². The molecule has 0 saturated heterocycles. The minimum atomic E-state index is -3.65. The summed E-state index contributed by atoms with van der Waals surface area (Å²) in [5.41, 5.74) is 1.25. The van der Waals surface area contributed by atoms with Crippen molar-refractivity contribution < 1.29 is 22.4 Å². The van der Waals surface area contributed by atoms with Crippen molar-refractivity contribution in [2.24, 2.45) is 0 Å². The largest absolute Gasteiger partial charge is 0.496 e. The number of nitrogens with one attached hydrogen (secondary N) is 1. The van der Waals surface area contributed by atoms with Crippen LogP contribution < -0.4 is 10.1 Å². The van der Waals surface area contributed by atoms with Crippen molar-refractivity contribution in [1.29, 1.82) is 0 Å². The van der Waals surface area contributed by atoms with Crippen LogP contribution in [0.5, 0.6) is 5.75 Å². The number of methoxy groups -OCH3 is 1. The predicted octanol–water partition coefficient (Wildman–Crippen LogP) is 2.20. The average Bonchev–Trinajstić information content (AvgIpc) is 3.19. The molecule has 1 atom stereocenters. The first kappa shape index (κ1) is 19.6. The van der Waals surface area contributed by atoms with Crippen molar-refractivity contribution in [2.45, 2.75) is 17.7 Å². The maximum absolute atomic E-state index is 12.8. The number of sulfone groups is 1. The van der Waals surface area contributed by atoms with Gasteiger partial charge < -0.3 is 14.5 Å². The molecule has 1 aromatic heterocycles. The minimum Gasteiger partial charge on any atom is -0.496 e. The van der Waals surface area contributed by atoms with Gasteiger partial charge in [0.25, 0.3) is 5.91 Å². The van der Waals surface area contributed by atoms with Crippen LogP contribution in [0.25, 0.3) is 0 Å². The summed E-state index contributed by atoms with van der Waals surface area (Å²) in [4.78, 5) is 12.8. The second-order valence-corrected chi connectivity index (χ2v) is 7.99. The van der Waals surface area contributed by atoms with Gasteiger partial charge in [0.15, 0.2) is 0 Å². The van der Waals surface area contributed by atoms with Gasteiger partial charge in [0.1, 0.15) is 11.8 Å². The first-order valence-electron chi connectivity index (χ1n) is 8.39. The summed E-state index contributed by atoms with van der Waals surface area (Å²) >= 11 is 0. The van der Waals surface area contributed by atoms with Gasteiger partial charge in [-0.3, -0.25) is 4.79 Å². The molecule has 1 amide bonds. The molecule has 0 saturated carbocycles. The molecule has 0 spiro atoms. The molecule has 9 heteroatoms. The van der Waals surface area contributed by atoms with Gasteiger partial charge in [-0.1, -0.05) is 47.6 Å². The molecule has 2 aromatic carbocycles. The summed E-state index contributed by atoms with van der Waals surface area (Å²) in [6.07, 6.45) is 1.32. The Morgan fingerprint density at radius 1 is 1.11 bits per heavy atom. The Hall–Kier alpha value is -3.20. The molecule has 0 bridgehead atoms. The molecular formula is C19H19N3O5S. The van der Waals surface area contributed by atoms with Crippen LogP contribution >= 0.6 is 0 Å². The van der Waals surface area contributed by atoms with E-state index < -0.39 is 27.0 Å². The lowest BCUT2D eigenvalue weighted by atomic mass is 10.1. The second-order valence-electron chi connectivity index (χ2n) is 6.09. The van der Waals surface area contributed by atoms with E-state index >= 15 is 0 Å². The number of rotatable bonds is 7. The molecule has 1 N–H and O–H groups in total. The van der Waals surface area contributed by atoms with E-state index in [1.807, 2.05) is 30.3 Å². The molecule has 0 aliphatic carbocycles. The molecule has 3 aromatic rings. The number of aromatic nitrogens is 2. The molecule has 0 aliphatic rings. The maximum Gasteiger partial charge on any atom is 0.335 e. The zero-order valence-corrected chi connectivity index (χ0v) is 16.1. The third-order valence-corrected chi connectivity index (χ3v) is 4.78. The topological polar surface area (TPSA) is 111 Å². The summed E-state index contributed by atoms with van der Waals surface area (Å²) in [7, 11) is -2.18. The van der Waals surface area contributed by atoms with E-state index in [9.17, 15) is 13.2 Å². The van der Waals surface area contributed by atoms with E-state index in [0.717, 1.165) is 11.8 Å². The zero-order chi connectivity index (χ0) is 20.1. The number of nitrogens with zero attached hydrogens (tertiary/aromatic N) is 2. The Kier molecular flexibility index (Phi) is 5.74. The van der Waals surface area contributed by atoms with Crippen LogP contribution in [0.15, 0.2) is 64.2 Å². The van der Waals surface area contributed by atoms with Crippen LogP contribution in [0.4, 0.5) is 0 Å². The normalized spacial score (nSPS) is 12.4. The molecule has 1 heterocycles. The maximum atomic E-state index is 12.8. The van der Waals surface area contributed by atoms with E-state index in [1.165, 1.54) is 7.11 Å². The van der Waals surface area contributed by atoms with Crippen molar-refractivity contribution in [3.63, 3.8) is 0 Å². The van der Waals surface area contributed by atoms with Gasteiger partial charge in [-0.15, -0.1) is 5.10 Å². The van der Waals surface area contributed by atoms with Gasteiger partial charge in [-0.05, 0) is 17.7 Å². The quantitative estimate of drug-likeness (QED) is 0.646. The van der Waals surface area contributed by atoms with E-state index in [1.54, 1.807) is 24.3 Å². The fourth-order valence-corrected chi connectivity index (χ4v) is 3.06. The van der Waals surface area contributed by atoms with Crippen LogP contribution in [0.2, 0.25) is 0 Å². The standard InChI is InChI=1S/C19H19N3O5S/c1-26-16-11-7-6-10-14(16)17(23)20-15(12-13-8-4-3-5-9-13)18-21-22-19(27-18)28(2,24)25/h3-11,15H,12H2,1-2H3,(H,20,23)/t15-/m0/s1. The third kappa shape index (κ3) is 4.55. The number of ether oxygens (including phenoxy) is 1. The number of benzene rings is 2. The Balaban J connectivity index is 1.92. The molecule has 28 heavy (non-hydrogen) atoms. The zero-order valence-electron chi connectivity index (χ0n) is 15.3. The van der Waals surface area contributed by atoms with Crippen molar-refractivity contribution >= 4 is 15.7 Å². The van der Waals surface area contributed by atoms with E-state index in [4.69, 9.17) is 9.15 Å². The van der Waals surface area contributed by atoms with Gasteiger partial charge in [0.05, 0.1) is 12.7 Å². The van der Waals surface area contributed by atoms with Crippen LogP contribution in [-0.2, 0) is 16.3 Å². The average molecular weight is 401 g/mol. The Morgan fingerprint density at radius 3 is 2.43 bits per heavy atom. The molecule has 0 unspecified atom stereocenters. The van der Waals surface area contributed by atoms with Crippen molar-refractivity contribution in [3.05, 3.63) is 71.6 Å². The number of carbonyl (C=O) groups is 1. The molecule has 0 radical (unpaired) electrons. The van der Waals surface area contributed by atoms with Crippen LogP contribution in [0.1, 0.15) is 27.9 Å². The highest BCUT2D eigenvalue weighted by molar-refractivity contribution is 7.90. The van der Waals surface area contributed by atoms with E-state index in [0.29, 0.717) is 17.7 Å². The lowest BCUT2D eigenvalue weighted by Crippen LogP contribution is -2.30. The summed E-state index contributed by atoms with van der Waals surface area (Å²) in [5.74, 6) is 0.0193. The minimum absolute atomic E-state index is 0.00697. The monoisotopic (exact) mass is 401 g/mol. The van der Waals surface area contributed by atoms with E-state index in [-0.39, 0.29) is 5.89 Å². The van der Waals surface area contributed by atoms with E-state index in [2.05, 4.69) is 15.5 Å². The summed E-state index contributed by atoms with van der Waals surface area (Å²) < 4.78 is 33.9. The van der Waals surface area contributed by atoms with Gasteiger partial charge in [0.2, 0.25) is 15.7 Å². The van der Waals surface area contributed by atoms with Crippen LogP contribution in [-0.4, -0.2) is 37.9 Å². The van der Waals surface area contributed by atoms with Gasteiger partial charge in [-0.25, -0.2) is 8.42 Å². The Labute approximate surface area is 162 Å². The highest BCUT2D eigenvalue weighted by atomic mass is 32.2. The molecule has 146 valence electrons. The van der Waals surface area contributed by atoms with Crippen molar-refractivity contribution in [1.82, 2.24) is 15.5 Å². The molecular weight excluding hydrogens is 382 g/mol. The SMILES string of the molecule is COc1ccccc1C(=O)N[C@@H](Cc1ccccc1)c1nnc(S(C)(=O)=O)o1.